The standard InChI is InChI=1S/C14H30OSi/c1-13(2,3)16(15-7,14(4,5)6)12-10-8-9-11-12/h12H,8-11H2,1-7H3. The Kier molecular flexibility index (Phi) is 3.96. The molecule has 0 spiro atoms. The summed E-state index contributed by atoms with van der Waals surface area (Å²) >= 11 is 0. The van der Waals surface area contributed by atoms with E-state index >= 15 is 0 Å². The first-order valence-electron chi connectivity index (χ1n) is 6.72. The van der Waals surface area contributed by atoms with Gasteiger partial charge in [0.2, 0.25) is 8.32 Å². The smallest absolute Gasteiger partial charge is 0.205 e. The minimum absolute atomic E-state index is 0.328. The van der Waals surface area contributed by atoms with Gasteiger partial charge in [-0.05, 0) is 15.6 Å². The molecule has 0 aliphatic heterocycles. The van der Waals surface area contributed by atoms with Crippen molar-refractivity contribution in [2.45, 2.75) is 82.8 Å². The van der Waals surface area contributed by atoms with Crippen LogP contribution in [0.15, 0.2) is 0 Å². The van der Waals surface area contributed by atoms with Crippen molar-refractivity contribution >= 4 is 8.32 Å². The maximum Gasteiger partial charge on any atom is 0.205 e. The van der Waals surface area contributed by atoms with Crippen LogP contribution in [-0.4, -0.2) is 15.4 Å². The Morgan fingerprint density at radius 1 is 0.875 bits per heavy atom. The van der Waals surface area contributed by atoms with Crippen LogP contribution in [0.5, 0.6) is 0 Å². The first kappa shape index (κ1) is 14.2. The normalized spacial score (nSPS) is 20.4. The number of rotatable bonds is 2. The van der Waals surface area contributed by atoms with E-state index in [9.17, 15) is 0 Å². The van der Waals surface area contributed by atoms with Crippen LogP contribution < -0.4 is 0 Å². The summed E-state index contributed by atoms with van der Waals surface area (Å²) in [5.41, 5.74) is 0.859. The van der Waals surface area contributed by atoms with Crippen molar-refractivity contribution in [2.75, 3.05) is 7.11 Å². The molecule has 0 aromatic rings. The molecule has 96 valence electrons. The summed E-state index contributed by atoms with van der Waals surface area (Å²) < 4.78 is 6.29. The molecule has 0 N–H and O–H groups in total. The lowest BCUT2D eigenvalue weighted by atomic mass is 10.2. The molecule has 0 unspecified atom stereocenters. The molecule has 1 fully saturated rings. The van der Waals surface area contributed by atoms with Gasteiger partial charge in [-0.2, -0.15) is 0 Å². The Bertz CT molecular complexity index is 214. The molecule has 0 radical (unpaired) electrons. The number of hydrogen-bond donors (Lipinski definition) is 0. The molecule has 1 aliphatic carbocycles. The summed E-state index contributed by atoms with van der Waals surface area (Å²) in [5, 5.41) is 0.657. The lowest BCUT2D eigenvalue weighted by molar-refractivity contribution is 0.309. The lowest BCUT2D eigenvalue weighted by Gasteiger charge is -2.53. The molecule has 1 aliphatic rings. The van der Waals surface area contributed by atoms with E-state index < -0.39 is 8.32 Å². The summed E-state index contributed by atoms with van der Waals surface area (Å²) in [6, 6.07) is 0. The van der Waals surface area contributed by atoms with Crippen molar-refractivity contribution in [3.63, 3.8) is 0 Å². The molecule has 0 heterocycles. The van der Waals surface area contributed by atoms with Gasteiger partial charge in [0, 0.05) is 7.11 Å². The van der Waals surface area contributed by atoms with Crippen LogP contribution in [-0.2, 0) is 4.43 Å². The minimum Gasteiger partial charge on any atom is -0.419 e. The Morgan fingerprint density at radius 3 is 1.50 bits per heavy atom. The van der Waals surface area contributed by atoms with E-state index in [1.54, 1.807) is 0 Å². The molecule has 0 amide bonds. The lowest BCUT2D eigenvalue weighted by Crippen LogP contribution is -2.56. The van der Waals surface area contributed by atoms with E-state index in [1.165, 1.54) is 25.7 Å². The summed E-state index contributed by atoms with van der Waals surface area (Å²) in [7, 11) is 0.234. The summed E-state index contributed by atoms with van der Waals surface area (Å²) in [6.07, 6.45) is 5.62. The average molecular weight is 242 g/mol. The predicted octanol–water partition coefficient (Wildman–Crippen LogP) is 5.12. The number of hydrogen-bond acceptors (Lipinski definition) is 1. The zero-order valence-corrected chi connectivity index (χ0v) is 13.3. The highest BCUT2D eigenvalue weighted by Crippen LogP contribution is 2.60. The highest BCUT2D eigenvalue weighted by molar-refractivity contribution is 6.80. The van der Waals surface area contributed by atoms with Crippen LogP contribution in [0.2, 0.25) is 15.6 Å². The molecule has 0 saturated heterocycles. The molecule has 1 nitrogen and oxygen atoms in total. The molecular formula is C14H30OSi. The van der Waals surface area contributed by atoms with Crippen LogP contribution >= 0.6 is 0 Å². The molecule has 1 rings (SSSR count). The third-order valence-electron chi connectivity index (χ3n) is 4.48. The highest BCUT2D eigenvalue weighted by Gasteiger charge is 2.59. The van der Waals surface area contributed by atoms with Gasteiger partial charge in [0.1, 0.15) is 0 Å². The van der Waals surface area contributed by atoms with Crippen molar-refractivity contribution in [1.82, 2.24) is 0 Å². The van der Waals surface area contributed by atoms with E-state index in [0.717, 1.165) is 5.54 Å². The van der Waals surface area contributed by atoms with Crippen molar-refractivity contribution in [3.8, 4) is 0 Å². The Labute approximate surface area is 103 Å². The van der Waals surface area contributed by atoms with E-state index in [4.69, 9.17) is 4.43 Å². The molecular weight excluding hydrogens is 212 g/mol. The fourth-order valence-corrected chi connectivity index (χ4v) is 11.9. The van der Waals surface area contributed by atoms with Crippen LogP contribution in [0.25, 0.3) is 0 Å². The van der Waals surface area contributed by atoms with Crippen LogP contribution in [0, 0.1) is 0 Å². The van der Waals surface area contributed by atoms with Gasteiger partial charge in [0.15, 0.2) is 0 Å². The maximum absolute atomic E-state index is 6.29. The zero-order valence-electron chi connectivity index (χ0n) is 12.3. The first-order valence-corrected chi connectivity index (χ1v) is 8.70. The Balaban J connectivity index is 3.18. The van der Waals surface area contributed by atoms with Gasteiger partial charge in [-0.1, -0.05) is 67.2 Å². The molecule has 0 atom stereocenters. The van der Waals surface area contributed by atoms with E-state index in [2.05, 4.69) is 41.5 Å². The van der Waals surface area contributed by atoms with Gasteiger partial charge in [0.05, 0.1) is 0 Å². The van der Waals surface area contributed by atoms with E-state index in [1.807, 2.05) is 7.11 Å². The van der Waals surface area contributed by atoms with E-state index in [-0.39, 0.29) is 0 Å². The highest BCUT2D eigenvalue weighted by atomic mass is 28.4. The van der Waals surface area contributed by atoms with Crippen molar-refractivity contribution in [2.24, 2.45) is 0 Å². The third-order valence-corrected chi connectivity index (χ3v) is 11.3. The summed E-state index contributed by atoms with van der Waals surface area (Å²) in [6.45, 7) is 14.4. The molecule has 0 aromatic carbocycles. The van der Waals surface area contributed by atoms with Crippen LogP contribution in [0.3, 0.4) is 0 Å². The summed E-state index contributed by atoms with van der Waals surface area (Å²) in [5.74, 6) is 0. The van der Waals surface area contributed by atoms with Crippen LogP contribution in [0.4, 0.5) is 0 Å². The van der Waals surface area contributed by atoms with Crippen molar-refractivity contribution in [3.05, 3.63) is 0 Å². The monoisotopic (exact) mass is 242 g/mol. The van der Waals surface area contributed by atoms with Gasteiger partial charge in [-0.3, -0.25) is 0 Å². The minimum atomic E-state index is -1.74. The van der Waals surface area contributed by atoms with Crippen molar-refractivity contribution < 1.29 is 4.43 Å². The predicted molar refractivity (Wildman–Crippen MR) is 74.4 cm³/mol. The fourth-order valence-electron chi connectivity index (χ4n) is 4.46. The summed E-state index contributed by atoms with van der Waals surface area (Å²) in [4.78, 5) is 0. The second-order valence-corrected chi connectivity index (χ2v) is 13.1. The average Bonchev–Trinajstić information content (AvgIpc) is 2.53. The van der Waals surface area contributed by atoms with Gasteiger partial charge in [-0.25, -0.2) is 0 Å². The van der Waals surface area contributed by atoms with Gasteiger partial charge in [0.25, 0.3) is 0 Å². The second kappa shape index (κ2) is 4.45. The molecule has 16 heavy (non-hydrogen) atoms. The Hall–Kier alpha value is 0.177. The largest absolute Gasteiger partial charge is 0.419 e. The van der Waals surface area contributed by atoms with Gasteiger partial charge < -0.3 is 4.43 Å². The van der Waals surface area contributed by atoms with Crippen molar-refractivity contribution in [1.29, 1.82) is 0 Å². The molecule has 0 aromatic heterocycles. The van der Waals surface area contributed by atoms with Crippen LogP contribution in [0.1, 0.15) is 67.2 Å². The maximum atomic E-state index is 6.29. The molecule has 0 bridgehead atoms. The second-order valence-electron chi connectivity index (χ2n) is 7.42. The zero-order chi connectivity index (χ0) is 12.6. The van der Waals surface area contributed by atoms with Gasteiger partial charge >= 0.3 is 0 Å². The third kappa shape index (κ3) is 2.11. The van der Waals surface area contributed by atoms with E-state index in [0.29, 0.717) is 10.1 Å². The molecule has 1 saturated carbocycles. The van der Waals surface area contributed by atoms with Gasteiger partial charge in [-0.15, -0.1) is 0 Å². The fraction of sp³-hybridized carbons (Fsp3) is 1.00. The first-order chi connectivity index (χ1) is 7.17. The quantitative estimate of drug-likeness (QED) is 0.610. The SMILES string of the molecule is CO[Si](C1CCCC1)(C(C)(C)C)C(C)(C)C. The Morgan fingerprint density at radius 2 is 1.25 bits per heavy atom. The molecule has 2 heteroatoms. The topological polar surface area (TPSA) is 9.23 Å².